The zero-order valence-corrected chi connectivity index (χ0v) is 14.4. The van der Waals surface area contributed by atoms with Crippen LogP contribution in [-0.4, -0.2) is 76.1 Å². The van der Waals surface area contributed by atoms with E-state index in [1.165, 1.54) is 0 Å². The molecule has 2 aliphatic rings. The summed E-state index contributed by atoms with van der Waals surface area (Å²) in [5.74, 6) is 2.14. The third-order valence-electron chi connectivity index (χ3n) is 5.02. The van der Waals surface area contributed by atoms with Gasteiger partial charge in [0.1, 0.15) is 0 Å². The van der Waals surface area contributed by atoms with E-state index in [0.29, 0.717) is 23.7 Å². The van der Waals surface area contributed by atoms with Crippen molar-refractivity contribution < 1.29 is 9.21 Å². The van der Waals surface area contributed by atoms with Crippen molar-refractivity contribution in [2.45, 2.75) is 39.8 Å². The van der Waals surface area contributed by atoms with Crippen LogP contribution in [0.2, 0.25) is 0 Å². The fraction of sp³-hybridized carbons (Fsp3) is 0.812. The molecule has 0 saturated carbocycles. The molecule has 23 heavy (non-hydrogen) atoms. The molecule has 1 amide bonds. The van der Waals surface area contributed by atoms with Crippen molar-refractivity contribution >= 4 is 5.91 Å². The van der Waals surface area contributed by atoms with E-state index in [9.17, 15) is 4.79 Å². The second-order valence-electron chi connectivity index (χ2n) is 6.85. The molecule has 7 heteroatoms. The molecular weight excluding hydrogens is 294 g/mol. The van der Waals surface area contributed by atoms with Crippen LogP contribution in [0.15, 0.2) is 4.42 Å². The SMILES string of the molecule is CC(=O)N1CCCN([C@H]2CN(Cc3nnc(C)o3)C[C@H]2C)CC1. The maximum Gasteiger partial charge on any atom is 0.230 e. The first-order valence-electron chi connectivity index (χ1n) is 8.54. The summed E-state index contributed by atoms with van der Waals surface area (Å²) >= 11 is 0. The zero-order valence-electron chi connectivity index (χ0n) is 14.4. The van der Waals surface area contributed by atoms with Crippen molar-refractivity contribution in [3.8, 4) is 0 Å². The minimum atomic E-state index is 0.194. The lowest BCUT2D eigenvalue weighted by atomic mass is 10.0. The predicted octanol–water partition coefficient (Wildman–Crippen LogP) is 0.753. The van der Waals surface area contributed by atoms with Crippen LogP contribution in [0.4, 0.5) is 0 Å². The lowest BCUT2D eigenvalue weighted by molar-refractivity contribution is -0.128. The van der Waals surface area contributed by atoms with Gasteiger partial charge in [0.05, 0.1) is 6.54 Å². The third-order valence-corrected chi connectivity index (χ3v) is 5.02. The summed E-state index contributed by atoms with van der Waals surface area (Å²) in [5.41, 5.74) is 0. The topological polar surface area (TPSA) is 65.7 Å². The summed E-state index contributed by atoms with van der Waals surface area (Å²) < 4.78 is 5.50. The average Bonchev–Trinajstić information content (AvgIpc) is 2.96. The molecule has 0 spiro atoms. The highest BCUT2D eigenvalue weighted by atomic mass is 16.4. The Bertz CT molecular complexity index is 546. The van der Waals surface area contributed by atoms with Crippen LogP contribution >= 0.6 is 0 Å². The molecule has 0 aromatic carbocycles. The van der Waals surface area contributed by atoms with E-state index in [4.69, 9.17) is 4.42 Å². The summed E-state index contributed by atoms with van der Waals surface area (Å²) in [6.07, 6.45) is 1.06. The van der Waals surface area contributed by atoms with Crippen LogP contribution in [0.5, 0.6) is 0 Å². The van der Waals surface area contributed by atoms with Gasteiger partial charge in [-0.15, -0.1) is 10.2 Å². The molecule has 0 bridgehead atoms. The maximum absolute atomic E-state index is 11.6. The Morgan fingerprint density at radius 3 is 2.74 bits per heavy atom. The minimum Gasteiger partial charge on any atom is -0.424 e. The van der Waals surface area contributed by atoms with E-state index >= 15 is 0 Å². The molecule has 2 saturated heterocycles. The number of carbonyl (C=O) groups excluding carboxylic acids is 1. The molecule has 0 radical (unpaired) electrons. The average molecular weight is 321 g/mol. The van der Waals surface area contributed by atoms with Crippen LogP contribution in [0.1, 0.15) is 32.0 Å². The lowest BCUT2D eigenvalue weighted by Crippen LogP contribution is -2.42. The largest absolute Gasteiger partial charge is 0.424 e. The molecule has 0 aliphatic carbocycles. The number of amides is 1. The van der Waals surface area contributed by atoms with Crippen LogP contribution < -0.4 is 0 Å². The van der Waals surface area contributed by atoms with Gasteiger partial charge in [-0.2, -0.15) is 0 Å². The van der Waals surface area contributed by atoms with Gasteiger partial charge >= 0.3 is 0 Å². The highest BCUT2D eigenvalue weighted by Gasteiger charge is 2.35. The van der Waals surface area contributed by atoms with Crippen molar-refractivity contribution in [3.63, 3.8) is 0 Å². The van der Waals surface area contributed by atoms with E-state index in [1.807, 2.05) is 11.8 Å². The van der Waals surface area contributed by atoms with Crippen LogP contribution in [0, 0.1) is 12.8 Å². The van der Waals surface area contributed by atoms with Crippen molar-refractivity contribution in [1.29, 1.82) is 0 Å². The molecule has 0 unspecified atom stereocenters. The molecule has 3 rings (SSSR count). The molecule has 1 aromatic heterocycles. The zero-order chi connectivity index (χ0) is 16.4. The smallest absolute Gasteiger partial charge is 0.230 e. The second-order valence-corrected chi connectivity index (χ2v) is 6.85. The highest BCUT2D eigenvalue weighted by Crippen LogP contribution is 2.24. The number of rotatable bonds is 3. The third kappa shape index (κ3) is 3.90. The normalized spacial score (nSPS) is 27.3. The van der Waals surface area contributed by atoms with E-state index in [-0.39, 0.29) is 5.91 Å². The molecule has 2 atom stereocenters. The van der Waals surface area contributed by atoms with E-state index < -0.39 is 0 Å². The van der Waals surface area contributed by atoms with Gasteiger partial charge in [0.2, 0.25) is 17.7 Å². The second kappa shape index (κ2) is 6.97. The van der Waals surface area contributed by atoms with Crippen molar-refractivity contribution in [3.05, 3.63) is 11.8 Å². The van der Waals surface area contributed by atoms with Gasteiger partial charge in [-0.05, 0) is 12.3 Å². The monoisotopic (exact) mass is 321 g/mol. The fourth-order valence-electron chi connectivity index (χ4n) is 3.83. The number of aromatic nitrogens is 2. The van der Waals surface area contributed by atoms with Gasteiger partial charge < -0.3 is 9.32 Å². The number of hydrogen-bond donors (Lipinski definition) is 0. The Hall–Kier alpha value is -1.47. The molecule has 2 aliphatic heterocycles. The van der Waals surface area contributed by atoms with Crippen molar-refractivity contribution in [1.82, 2.24) is 24.9 Å². The summed E-state index contributed by atoms with van der Waals surface area (Å²) in [4.78, 5) is 18.5. The van der Waals surface area contributed by atoms with Gasteiger partial charge in [-0.3, -0.25) is 14.6 Å². The van der Waals surface area contributed by atoms with E-state index in [2.05, 4.69) is 26.9 Å². The number of carbonyl (C=O) groups is 1. The Morgan fingerprint density at radius 2 is 2.04 bits per heavy atom. The Balaban J connectivity index is 1.57. The first kappa shape index (κ1) is 16.4. The molecule has 7 nitrogen and oxygen atoms in total. The number of nitrogens with zero attached hydrogens (tertiary/aromatic N) is 5. The Labute approximate surface area is 137 Å². The van der Waals surface area contributed by atoms with Crippen LogP contribution in [0.3, 0.4) is 0 Å². The number of hydrogen-bond acceptors (Lipinski definition) is 6. The maximum atomic E-state index is 11.6. The van der Waals surface area contributed by atoms with Gasteiger partial charge in [0.25, 0.3) is 0 Å². The van der Waals surface area contributed by atoms with Crippen LogP contribution in [-0.2, 0) is 11.3 Å². The molecule has 0 N–H and O–H groups in total. The Kier molecular flexibility index (Phi) is 4.96. The van der Waals surface area contributed by atoms with Gasteiger partial charge in [-0.1, -0.05) is 6.92 Å². The minimum absolute atomic E-state index is 0.194. The van der Waals surface area contributed by atoms with Crippen LogP contribution in [0.25, 0.3) is 0 Å². The first-order valence-corrected chi connectivity index (χ1v) is 8.54. The fourth-order valence-corrected chi connectivity index (χ4v) is 3.83. The molecular formula is C16H27N5O2. The van der Waals surface area contributed by atoms with E-state index in [1.54, 1.807) is 6.92 Å². The molecule has 2 fully saturated rings. The molecule has 1 aromatic rings. The summed E-state index contributed by atoms with van der Waals surface area (Å²) in [6, 6.07) is 0.547. The molecule has 128 valence electrons. The Morgan fingerprint density at radius 1 is 1.22 bits per heavy atom. The van der Waals surface area contributed by atoms with E-state index in [0.717, 1.165) is 52.2 Å². The summed E-state index contributed by atoms with van der Waals surface area (Å²) in [7, 11) is 0. The quantitative estimate of drug-likeness (QED) is 0.819. The standard InChI is InChI=1S/C16H27N5O2/c1-12-9-19(11-16-18-17-13(2)23-16)10-15(12)21-6-4-5-20(7-8-21)14(3)22/h12,15H,4-11H2,1-3H3/t12-,15+/m1/s1. The van der Waals surface area contributed by atoms with Gasteiger partial charge in [0, 0.05) is 59.2 Å². The van der Waals surface area contributed by atoms with Crippen molar-refractivity contribution in [2.75, 3.05) is 39.3 Å². The lowest BCUT2D eigenvalue weighted by Gasteiger charge is -2.30. The summed E-state index contributed by atoms with van der Waals surface area (Å²) in [6.45, 7) is 12.4. The highest BCUT2D eigenvalue weighted by molar-refractivity contribution is 5.73. The predicted molar refractivity (Wildman–Crippen MR) is 85.7 cm³/mol. The van der Waals surface area contributed by atoms with Gasteiger partial charge in [-0.25, -0.2) is 0 Å². The number of aryl methyl sites for hydroxylation is 1. The first-order chi connectivity index (χ1) is 11.0. The van der Waals surface area contributed by atoms with Crippen molar-refractivity contribution in [2.24, 2.45) is 5.92 Å². The van der Waals surface area contributed by atoms with Gasteiger partial charge in [0.15, 0.2) is 0 Å². The molecule has 3 heterocycles. The number of likely N-dealkylation sites (tertiary alicyclic amines) is 1. The summed E-state index contributed by atoms with van der Waals surface area (Å²) in [5, 5.41) is 8.00.